The maximum absolute atomic E-state index is 12.0. The number of aromatic nitrogens is 3. The maximum atomic E-state index is 12.0. The van der Waals surface area contributed by atoms with E-state index >= 15 is 0 Å². The summed E-state index contributed by atoms with van der Waals surface area (Å²) in [6.45, 7) is 3.19. The fourth-order valence-corrected chi connectivity index (χ4v) is 2.66. The van der Waals surface area contributed by atoms with Crippen molar-refractivity contribution in [2.45, 2.75) is 32.3 Å². The zero-order chi connectivity index (χ0) is 19.6. The fourth-order valence-electron chi connectivity index (χ4n) is 2.66. The smallest absolute Gasteiger partial charge is 0.227 e. The molecular weight excluding hydrogens is 356 g/mol. The molecule has 1 amide bonds. The van der Waals surface area contributed by atoms with Crippen molar-refractivity contribution in [3.8, 4) is 11.4 Å². The Hall–Kier alpha value is -3.06. The Morgan fingerprint density at radius 3 is 2.75 bits per heavy atom. The zero-order valence-electron chi connectivity index (χ0n) is 15.9. The molecule has 2 heterocycles. The van der Waals surface area contributed by atoms with Gasteiger partial charge in [0.1, 0.15) is 0 Å². The highest BCUT2D eigenvalue weighted by atomic mass is 16.5. The number of amides is 1. The molecule has 0 fully saturated rings. The summed E-state index contributed by atoms with van der Waals surface area (Å²) in [4.78, 5) is 20.2. The average Bonchev–Trinajstić information content (AvgIpc) is 3.22. The molecule has 0 saturated heterocycles. The SMILES string of the molecule is CC(OCCCNC(=O)CCc1nc(-c2ccncc2)no1)c1ccccc1. The van der Waals surface area contributed by atoms with E-state index in [0.717, 1.165) is 17.5 Å². The third kappa shape index (κ3) is 5.99. The largest absolute Gasteiger partial charge is 0.374 e. The summed E-state index contributed by atoms with van der Waals surface area (Å²) in [7, 11) is 0. The van der Waals surface area contributed by atoms with Crippen LogP contribution in [0.5, 0.6) is 0 Å². The highest BCUT2D eigenvalue weighted by Gasteiger charge is 2.10. The minimum Gasteiger partial charge on any atom is -0.374 e. The Labute approximate surface area is 164 Å². The van der Waals surface area contributed by atoms with Gasteiger partial charge in [-0.05, 0) is 31.0 Å². The van der Waals surface area contributed by atoms with Crippen LogP contribution in [0.3, 0.4) is 0 Å². The van der Waals surface area contributed by atoms with Gasteiger partial charge in [-0.25, -0.2) is 0 Å². The maximum Gasteiger partial charge on any atom is 0.227 e. The summed E-state index contributed by atoms with van der Waals surface area (Å²) in [6, 6.07) is 13.7. The van der Waals surface area contributed by atoms with E-state index in [4.69, 9.17) is 9.26 Å². The van der Waals surface area contributed by atoms with Crippen LogP contribution in [0.1, 0.15) is 37.3 Å². The highest BCUT2D eigenvalue weighted by molar-refractivity contribution is 5.75. The summed E-state index contributed by atoms with van der Waals surface area (Å²) in [6.07, 6.45) is 4.86. The number of nitrogens with one attached hydrogen (secondary N) is 1. The summed E-state index contributed by atoms with van der Waals surface area (Å²) < 4.78 is 11.0. The molecule has 1 atom stereocenters. The van der Waals surface area contributed by atoms with Crippen LogP contribution in [-0.2, 0) is 16.0 Å². The first kappa shape index (κ1) is 19.7. The van der Waals surface area contributed by atoms with Crippen LogP contribution in [-0.4, -0.2) is 34.2 Å². The number of benzene rings is 1. The van der Waals surface area contributed by atoms with Crippen molar-refractivity contribution in [3.05, 3.63) is 66.3 Å². The molecule has 0 spiro atoms. The Balaban J connectivity index is 1.30. The van der Waals surface area contributed by atoms with Gasteiger partial charge < -0.3 is 14.6 Å². The first-order chi connectivity index (χ1) is 13.7. The number of hydrogen-bond acceptors (Lipinski definition) is 6. The van der Waals surface area contributed by atoms with E-state index in [1.54, 1.807) is 12.4 Å². The standard InChI is InChI=1S/C21H24N4O3/c1-16(17-6-3-2-4-7-17)27-15-5-12-23-19(26)8-9-20-24-21(25-28-20)18-10-13-22-14-11-18/h2-4,6-7,10-11,13-14,16H,5,8-9,12,15H2,1H3,(H,23,26). The third-order valence-electron chi connectivity index (χ3n) is 4.25. The molecule has 7 heteroatoms. The monoisotopic (exact) mass is 380 g/mol. The molecule has 0 aliphatic carbocycles. The lowest BCUT2D eigenvalue weighted by Crippen LogP contribution is -2.25. The number of rotatable bonds is 10. The second-order valence-electron chi connectivity index (χ2n) is 6.37. The molecule has 28 heavy (non-hydrogen) atoms. The number of aryl methyl sites for hydroxylation is 1. The lowest BCUT2D eigenvalue weighted by atomic mass is 10.1. The van der Waals surface area contributed by atoms with Gasteiger partial charge in [-0.15, -0.1) is 0 Å². The second kappa shape index (κ2) is 10.3. The average molecular weight is 380 g/mol. The molecule has 0 aliphatic rings. The first-order valence-electron chi connectivity index (χ1n) is 9.38. The molecule has 0 aliphatic heterocycles. The predicted octanol–water partition coefficient (Wildman–Crippen LogP) is 3.35. The van der Waals surface area contributed by atoms with Gasteiger partial charge in [0.05, 0.1) is 6.10 Å². The van der Waals surface area contributed by atoms with Crippen molar-refractivity contribution in [2.24, 2.45) is 0 Å². The number of nitrogens with zero attached hydrogens (tertiary/aromatic N) is 3. The van der Waals surface area contributed by atoms with Gasteiger partial charge in [0.2, 0.25) is 17.6 Å². The van der Waals surface area contributed by atoms with E-state index in [2.05, 4.69) is 20.4 Å². The van der Waals surface area contributed by atoms with Gasteiger partial charge in [-0.3, -0.25) is 9.78 Å². The molecule has 0 bridgehead atoms. The van der Waals surface area contributed by atoms with Gasteiger partial charge in [0, 0.05) is 44.0 Å². The molecule has 2 aromatic heterocycles. The highest BCUT2D eigenvalue weighted by Crippen LogP contribution is 2.16. The molecule has 146 valence electrons. The van der Waals surface area contributed by atoms with E-state index in [9.17, 15) is 4.79 Å². The predicted molar refractivity (Wildman–Crippen MR) is 104 cm³/mol. The zero-order valence-corrected chi connectivity index (χ0v) is 15.9. The molecule has 7 nitrogen and oxygen atoms in total. The summed E-state index contributed by atoms with van der Waals surface area (Å²) in [5.74, 6) is 0.907. The molecule has 1 aromatic carbocycles. The van der Waals surface area contributed by atoms with Crippen molar-refractivity contribution in [3.63, 3.8) is 0 Å². The summed E-state index contributed by atoms with van der Waals surface area (Å²) >= 11 is 0. The van der Waals surface area contributed by atoms with Crippen LogP contribution in [0.4, 0.5) is 0 Å². The molecule has 3 aromatic rings. The Morgan fingerprint density at radius 2 is 1.96 bits per heavy atom. The van der Waals surface area contributed by atoms with E-state index < -0.39 is 0 Å². The lowest BCUT2D eigenvalue weighted by molar-refractivity contribution is -0.121. The van der Waals surface area contributed by atoms with E-state index in [-0.39, 0.29) is 12.0 Å². The topological polar surface area (TPSA) is 90.1 Å². The number of pyridine rings is 1. The first-order valence-corrected chi connectivity index (χ1v) is 9.38. The second-order valence-corrected chi connectivity index (χ2v) is 6.37. The minimum absolute atomic E-state index is 0.0419. The van der Waals surface area contributed by atoms with Crippen molar-refractivity contribution in [1.29, 1.82) is 0 Å². The summed E-state index contributed by atoms with van der Waals surface area (Å²) in [5, 5.41) is 6.82. The van der Waals surface area contributed by atoms with Crippen molar-refractivity contribution in [2.75, 3.05) is 13.2 Å². The molecule has 1 unspecified atom stereocenters. The Morgan fingerprint density at radius 1 is 1.18 bits per heavy atom. The number of ether oxygens (including phenoxy) is 1. The van der Waals surface area contributed by atoms with E-state index in [1.807, 2.05) is 49.4 Å². The van der Waals surface area contributed by atoms with Gasteiger partial charge in [-0.1, -0.05) is 35.5 Å². The molecular formula is C21H24N4O3. The van der Waals surface area contributed by atoms with Crippen LogP contribution in [0.25, 0.3) is 11.4 Å². The lowest BCUT2D eigenvalue weighted by Gasteiger charge is -2.13. The van der Waals surface area contributed by atoms with Crippen LogP contribution in [0, 0.1) is 0 Å². The van der Waals surface area contributed by atoms with Crippen molar-refractivity contribution >= 4 is 5.91 Å². The van der Waals surface area contributed by atoms with E-state index in [0.29, 0.717) is 37.7 Å². The number of hydrogen-bond donors (Lipinski definition) is 1. The third-order valence-corrected chi connectivity index (χ3v) is 4.25. The summed E-state index contributed by atoms with van der Waals surface area (Å²) in [5.41, 5.74) is 1.98. The number of carbonyl (C=O) groups excluding carboxylic acids is 1. The normalized spacial score (nSPS) is 11.9. The number of carbonyl (C=O) groups is 1. The van der Waals surface area contributed by atoms with Crippen molar-refractivity contribution < 1.29 is 14.1 Å². The molecule has 0 saturated carbocycles. The molecule has 0 radical (unpaired) electrons. The van der Waals surface area contributed by atoms with Gasteiger partial charge in [-0.2, -0.15) is 4.98 Å². The van der Waals surface area contributed by atoms with Gasteiger partial charge in [0.25, 0.3) is 0 Å². The van der Waals surface area contributed by atoms with Gasteiger partial charge >= 0.3 is 0 Å². The van der Waals surface area contributed by atoms with Crippen LogP contribution in [0.2, 0.25) is 0 Å². The van der Waals surface area contributed by atoms with E-state index in [1.165, 1.54) is 0 Å². The minimum atomic E-state index is -0.0419. The molecule has 3 rings (SSSR count). The van der Waals surface area contributed by atoms with Crippen molar-refractivity contribution in [1.82, 2.24) is 20.4 Å². The van der Waals surface area contributed by atoms with Crippen LogP contribution >= 0.6 is 0 Å². The molecule has 1 N–H and O–H groups in total. The quantitative estimate of drug-likeness (QED) is 0.543. The van der Waals surface area contributed by atoms with Crippen LogP contribution in [0.15, 0.2) is 59.4 Å². The fraction of sp³-hybridized carbons (Fsp3) is 0.333. The van der Waals surface area contributed by atoms with Crippen LogP contribution < -0.4 is 5.32 Å². The Bertz CT molecular complexity index is 852. The van der Waals surface area contributed by atoms with Gasteiger partial charge in [0.15, 0.2) is 0 Å². The Kier molecular flexibility index (Phi) is 7.26.